The van der Waals surface area contributed by atoms with Crippen molar-refractivity contribution in [1.82, 2.24) is 9.78 Å². The summed E-state index contributed by atoms with van der Waals surface area (Å²) in [6, 6.07) is 7.53. The molecule has 1 atom stereocenters. The van der Waals surface area contributed by atoms with Crippen LogP contribution < -0.4 is 10.5 Å². The third-order valence-electron chi connectivity index (χ3n) is 6.39. The first-order valence-electron chi connectivity index (χ1n) is 10.9. The van der Waals surface area contributed by atoms with Crippen LogP contribution in [-0.4, -0.2) is 34.1 Å². The number of anilines is 1. The van der Waals surface area contributed by atoms with E-state index in [9.17, 15) is 27.5 Å². The van der Waals surface area contributed by atoms with Crippen molar-refractivity contribution in [3.05, 3.63) is 74.3 Å². The van der Waals surface area contributed by atoms with E-state index in [2.05, 4.69) is 5.10 Å². The molecule has 10 heteroatoms. The number of benzene rings is 2. The summed E-state index contributed by atoms with van der Waals surface area (Å²) in [5, 5.41) is 14.1. The first-order valence-corrected chi connectivity index (χ1v) is 11.3. The molecule has 0 amide bonds. The summed E-state index contributed by atoms with van der Waals surface area (Å²) in [6.07, 6.45) is -3.17. The fourth-order valence-electron chi connectivity index (χ4n) is 4.72. The minimum absolute atomic E-state index is 0.144. The van der Waals surface area contributed by atoms with Gasteiger partial charge in [0.15, 0.2) is 0 Å². The number of rotatable bonds is 3. The third-order valence-corrected chi connectivity index (χ3v) is 6.68. The van der Waals surface area contributed by atoms with E-state index in [0.717, 1.165) is 16.8 Å². The SMILES string of the molecule is O=c1c2c(c(-c3ccc(F)c(Cl)c3)nn1-c1cc(N3CC[C@H](O)C3)ccc1C(F)(F)F)CCC2. The molecule has 3 aromatic rings. The predicted molar refractivity (Wildman–Crippen MR) is 120 cm³/mol. The van der Waals surface area contributed by atoms with Crippen LogP contribution in [0.5, 0.6) is 0 Å². The summed E-state index contributed by atoms with van der Waals surface area (Å²) in [4.78, 5) is 15.1. The van der Waals surface area contributed by atoms with Crippen molar-refractivity contribution in [2.45, 2.75) is 38.0 Å². The van der Waals surface area contributed by atoms with Crippen LogP contribution in [0.3, 0.4) is 0 Å². The normalized spacial score (nSPS) is 17.9. The molecule has 1 aromatic heterocycles. The van der Waals surface area contributed by atoms with Gasteiger partial charge in [-0.05, 0) is 67.6 Å². The molecule has 0 saturated carbocycles. The standard InChI is InChI=1S/C24H20ClF4N3O2/c25-19-10-13(4-7-20(19)26)22-16-2-1-3-17(16)23(34)32(30-22)21-11-14(31-9-8-15(33)12-31)5-6-18(21)24(27,28)29/h4-7,10-11,15,33H,1-3,8-9,12H2/t15-/m0/s1. The smallest absolute Gasteiger partial charge is 0.391 e. The van der Waals surface area contributed by atoms with E-state index in [1.54, 1.807) is 4.90 Å². The van der Waals surface area contributed by atoms with Crippen molar-refractivity contribution in [3.63, 3.8) is 0 Å². The molecule has 1 aliphatic carbocycles. The monoisotopic (exact) mass is 493 g/mol. The zero-order valence-electron chi connectivity index (χ0n) is 17.9. The van der Waals surface area contributed by atoms with Crippen LogP contribution in [0.2, 0.25) is 5.02 Å². The highest BCUT2D eigenvalue weighted by atomic mass is 35.5. The maximum atomic E-state index is 14.0. The molecule has 34 heavy (non-hydrogen) atoms. The van der Waals surface area contributed by atoms with E-state index in [4.69, 9.17) is 11.6 Å². The van der Waals surface area contributed by atoms with E-state index < -0.39 is 29.2 Å². The summed E-state index contributed by atoms with van der Waals surface area (Å²) in [5.74, 6) is -0.629. The highest BCUT2D eigenvalue weighted by Gasteiger charge is 2.36. The Morgan fingerprint density at radius 1 is 1.09 bits per heavy atom. The van der Waals surface area contributed by atoms with E-state index in [-0.39, 0.29) is 17.3 Å². The van der Waals surface area contributed by atoms with Crippen molar-refractivity contribution in [1.29, 1.82) is 0 Å². The molecule has 1 N–H and O–H groups in total. The second-order valence-electron chi connectivity index (χ2n) is 8.59. The predicted octanol–water partition coefficient (Wildman–Crippen LogP) is 4.77. The number of aliphatic hydroxyl groups excluding tert-OH is 1. The molecule has 1 saturated heterocycles. The van der Waals surface area contributed by atoms with Crippen LogP contribution in [0.4, 0.5) is 23.2 Å². The van der Waals surface area contributed by atoms with Crippen LogP contribution in [0.25, 0.3) is 16.9 Å². The Labute approximate surface area is 197 Å². The van der Waals surface area contributed by atoms with Gasteiger partial charge in [-0.15, -0.1) is 0 Å². The molecular weight excluding hydrogens is 474 g/mol. The van der Waals surface area contributed by atoms with Gasteiger partial charge in [0.1, 0.15) is 5.82 Å². The van der Waals surface area contributed by atoms with E-state index in [1.165, 1.54) is 24.3 Å². The van der Waals surface area contributed by atoms with Crippen LogP contribution in [0.1, 0.15) is 29.5 Å². The van der Waals surface area contributed by atoms with E-state index in [0.29, 0.717) is 60.3 Å². The van der Waals surface area contributed by atoms with Gasteiger partial charge in [-0.1, -0.05) is 11.6 Å². The molecule has 0 unspecified atom stereocenters. The Bertz CT molecular complexity index is 1340. The van der Waals surface area contributed by atoms with Gasteiger partial charge in [0.25, 0.3) is 5.56 Å². The fourth-order valence-corrected chi connectivity index (χ4v) is 4.90. The molecule has 0 radical (unpaired) electrons. The summed E-state index contributed by atoms with van der Waals surface area (Å²) in [5.41, 5.74) is 0.257. The number of halogens is 5. The van der Waals surface area contributed by atoms with Crippen LogP contribution in [-0.2, 0) is 19.0 Å². The molecule has 1 fully saturated rings. The molecule has 178 valence electrons. The van der Waals surface area contributed by atoms with Gasteiger partial charge in [0, 0.05) is 29.9 Å². The first-order chi connectivity index (χ1) is 16.1. The number of aliphatic hydroxyl groups is 1. The highest BCUT2D eigenvalue weighted by Crippen LogP contribution is 2.37. The van der Waals surface area contributed by atoms with Crippen molar-refractivity contribution in [3.8, 4) is 16.9 Å². The maximum Gasteiger partial charge on any atom is 0.418 e. The summed E-state index contributed by atoms with van der Waals surface area (Å²) in [6.45, 7) is 0.772. The minimum atomic E-state index is -4.72. The van der Waals surface area contributed by atoms with Crippen molar-refractivity contribution >= 4 is 17.3 Å². The number of fused-ring (bicyclic) bond motifs is 1. The second kappa shape index (κ2) is 8.39. The third kappa shape index (κ3) is 3.96. The lowest BCUT2D eigenvalue weighted by atomic mass is 10.0. The summed E-state index contributed by atoms with van der Waals surface area (Å²) < 4.78 is 56.5. The van der Waals surface area contributed by atoms with E-state index in [1.807, 2.05) is 0 Å². The van der Waals surface area contributed by atoms with Gasteiger partial charge in [0.05, 0.1) is 28.1 Å². The van der Waals surface area contributed by atoms with Gasteiger partial charge in [0.2, 0.25) is 0 Å². The lowest BCUT2D eigenvalue weighted by Crippen LogP contribution is -2.29. The first kappa shape index (κ1) is 22.9. The molecular formula is C24H20ClF4N3O2. The molecule has 5 nitrogen and oxygen atoms in total. The zero-order valence-corrected chi connectivity index (χ0v) is 18.6. The maximum absolute atomic E-state index is 14.0. The number of hydrogen-bond donors (Lipinski definition) is 1. The average molecular weight is 494 g/mol. The molecule has 1 aliphatic heterocycles. The zero-order chi connectivity index (χ0) is 24.2. The van der Waals surface area contributed by atoms with Gasteiger partial charge in [-0.3, -0.25) is 4.79 Å². The van der Waals surface area contributed by atoms with Gasteiger partial charge in [-0.25, -0.2) is 4.39 Å². The Morgan fingerprint density at radius 2 is 1.85 bits per heavy atom. The Kier molecular flexibility index (Phi) is 5.64. The van der Waals surface area contributed by atoms with E-state index >= 15 is 0 Å². The highest BCUT2D eigenvalue weighted by molar-refractivity contribution is 6.31. The van der Waals surface area contributed by atoms with Crippen LogP contribution >= 0.6 is 11.6 Å². The van der Waals surface area contributed by atoms with Gasteiger partial charge < -0.3 is 10.0 Å². The molecule has 5 rings (SSSR count). The lowest BCUT2D eigenvalue weighted by Gasteiger charge is -2.22. The van der Waals surface area contributed by atoms with Crippen molar-refractivity contribution < 1.29 is 22.7 Å². The van der Waals surface area contributed by atoms with Gasteiger partial charge in [-0.2, -0.15) is 23.0 Å². The molecule has 0 spiro atoms. The summed E-state index contributed by atoms with van der Waals surface area (Å²) in [7, 11) is 0. The average Bonchev–Trinajstić information content (AvgIpc) is 3.45. The topological polar surface area (TPSA) is 58.4 Å². The Morgan fingerprint density at radius 3 is 2.53 bits per heavy atom. The minimum Gasteiger partial charge on any atom is -0.391 e. The fraction of sp³-hybridized carbons (Fsp3) is 0.333. The van der Waals surface area contributed by atoms with Gasteiger partial charge >= 0.3 is 6.18 Å². The number of nitrogens with zero attached hydrogens (tertiary/aromatic N) is 3. The van der Waals surface area contributed by atoms with Crippen LogP contribution in [0, 0.1) is 5.82 Å². The summed E-state index contributed by atoms with van der Waals surface area (Å²) >= 11 is 5.95. The molecule has 2 aromatic carbocycles. The lowest BCUT2D eigenvalue weighted by molar-refractivity contribution is -0.137. The largest absolute Gasteiger partial charge is 0.418 e. The van der Waals surface area contributed by atoms with Crippen LogP contribution in [0.15, 0.2) is 41.2 Å². The number of β-amino-alcohol motifs (C(OH)–C–C–N with tert-alkyl or cyclic N) is 1. The molecule has 0 bridgehead atoms. The number of hydrogen-bond acceptors (Lipinski definition) is 4. The van der Waals surface area contributed by atoms with Crippen molar-refractivity contribution in [2.24, 2.45) is 0 Å². The van der Waals surface area contributed by atoms with Crippen molar-refractivity contribution in [2.75, 3.05) is 18.0 Å². The Hall–Kier alpha value is -2.91. The Balaban J connectivity index is 1.75. The number of alkyl halides is 3. The second-order valence-corrected chi connectivity index (χ2v) is 9.00. The molecule has 2 heterocycles. The quantitative estimate of drug-likeness (QED) is 0.534. The molecule has 2 aliphatic rings. The number of aromatic nitrogens is 2.